The number of nitrogens with one attached hydrogen (secondary N) is 1. The number of rotatable bonds is 7. The lowest BCUT2D eigenvalue weighted by Crippen LogP contribution is -1.96. The van der Waals surface area contributed by atoms with Gasteiger partial charge in [-0.25, -0.2) is 4.98 Å². The molecule has 28 heavy (non-hydrogen) atoms. The lowest BCUT2D eigenvalue weighted by atomic mass is 10.2. The number of methoxy groups -OCH3 is 3. The molecular formula is C19H18N4O4S. The summed E-state index contributed by atoms with van der Waals surface area (Å²) < 4.78 is 21.9. The van der Waals surface area contributed by atoms with Crippen LogP contribution < -0.4 is 14.2 Å². The molecule has 4 aromatic rings. The van der Waals surface area contributed by atoms with Crippen LogP contribution in [0.4, 0.5) is 0 Å². The summed E-state index contributed by atoms with van der Waals surface area (Å²) in [7, 11) is 4.76. The van der Waals surface area contributed by atoms with Gasteiger partial charge in [0.25, 0.3) is 5.22 Å². The minimum Gasteiger partial charge on any atom is -0.493 e. The van der Waals surface area contributed by atoms with Crippen LogP contribution in [0.1, 0.15) is 5.56 Å². The lowest BCUT2D eigenvalue weighted by Gasteiger charge is -2.13. The molecule has 0 saturated carbocycles. The first-order chi connectivity index (χ1) is 13.7. The zero-order valence-electron chi connectivity index (χ0n) is 15.6. The number of thioether (sulfide) groups is 1. The molecule has 8 nitrogen and oxygen atoms in total. The molecule has 144 valence electrons. The predicted octanol–water partition coefficient (Wildman–Crippen LogP) is 3.93. The summed E-state index contributed by atoms with van der Waals surface area (Å²) in [6.07, 6.45) is 1.65. The van der Waals surface area contributed by atoms with Crippen LogP contribution in [0.2, 0.25) is 0 Å². The summed E-state index contributed by atoms with van der Waals surface area (Å²) in [5.41, 5.74) is 3.63. The Balaban J connectivity index is 1.51. The first-order valence-corrected chi connectivity index (χ1v) is 9.39. The van der Waals surface area contributed by atoms with Gasteiger partial charge in [-0.15, -0.1) is 10.2 Å². The van der Waals surface area contributed by atoms with E-state index in [4.69, 9.17) is 18.6 Å². The van der Waals surface area contributed by atoms with E-state index in [1.807, 2.05) is 30.3 Å². The Hall–Kier alpha value is -3.20. The number of hydrogen-bond donors (Lipinski definition) is 1. The second-order valence-electron chi connectivity index (χ2n) is 5.83. The van der Waals surface area contributed by atoms with E-state index in [2.05, 4.69) is 20.2 Å². The molecule has 2 aromatic carbocycles. The Kier molecular flexibility index (Phi) is 5.07. The summed E-state index contributed by atoms with van der Waals surface area (Å²) >= 11 is 1.43. The molecule has 0 spiro atoms. The predicted molar refractivity (Wildman–Crippen MR) is 105 cm³/mol. The highest BCUT2D eigenvalue weighted by Gasteiger charge is 2.15. The third-order valence-electron chi connectivity index (χ3n) is 4.16. The highest BCUT2D eigenvalue weighted by atomic mass is 32.2. The van der Waals surface area contributed by atoms with Crippen LogP contribution in [0.5, 0.6) is 17.2 Å². The van der Waals surface area contributed by atoms with Gasteiger partial charge in [0.05, 0.1) is 38.7 Å². The summed E-state index contributed by atoms with van der Waals surface area (Å²) in [4.78, 5) is 7.28. The minimum absolute atomic E-state index is 0.462. The number of aromatic nitrogens is 4. The number of ether oxygens (including phenoxy) is 3. The van der Waals surface area contributed by atoms with Crippen molar-refractivity contribution < 1.29 is 18.6 Å². The second-order valence-corrected chi connectivity index (χ2v) is 6.76. The fourth-order valence-electron chi connectivity index (χ4n) is 2.82. The van der Waals surface area contributed by atoms with Crippen molar-refractivity contribution in [3.05, 3.63) is 42.2 Å². The highest BCUT2D eigenvalue weighted by Crippen LogP contribution is 2.39. The van der Waals surface area contributed by atoms with E-state index in [1.54, 1.807) is 27.7 Å². The molecule has 2 aromatic heterocycles. The van der Waals surface area contributed by atoms with Crippen LogP contribution in [0, 0.1) is 0 Å². The molecule has 0 amide bonds. The van der Waals surface area contributed by atoms with E-state index in [0.717, 1.165) is 22.2 Å². The summed E-state index contributed by atoms with van der Waals surface area (Å²) in [6, 6.07) is 9.55. The van der Waals surface area contributed by atoms with Crippen molar-refractivity contribution in [3.8, 4) is 28.7 Å². The summed E-state index contributed by atoms with van der Waals surface area (Å²) in [5, 5.41) is 8.75. The fraction of sp³-hybridized carbons (Fsp3) is 0.211. The maximum absolute atomic E-state index is 5.79. The molecule has 0 aliphatic carbocycles. The van der Waals surface area contributed by atoms with Gasteiger partial charge in [0.15, 0.2) is 11.5 Å². The van der Waals surface area contributed by atoms with Gasteiger partial charge in [0.2, 0.25) is 11.6 Å². The van der Waals surface area contributed by atoms with Crippen molar-refractivity contribution in [2.45, 2.75) is 11.0 Å². The van der Waals surface area contributed by atoms with Gasteiger partial charge >= 0.3 is 0 Å². The zero-order valence-corrected chi connectivity index (χ0v) is 16.4. The van der Waals surface area contributed by atoms with Gasteiger partial charge in [0.1, 0.15) is 0 Å². The Bertz CT molecular complexity index is 1080. The molecule has 4 rings (SSSR count). The van der Waals surface area contributed by atoms with E-state index >= 15 is 0 Å². The zero-order chi connectivity index (χ0) is 19.5. The number of fused-ring (bicyclic) bond motifs is 1. The SMILES string of the molecule is COc1cc(CSc2nnc(-c3ccc4nc[nH]c4c3)o2)cc(OC)c1OC. The quantitative estimate of drug-likeness (QED) is 0.468. The van der Waals surface area contributed by atoms with E-state index < -0.39 is 0 Å². The fourth-order valence-corrected chi connectivity index (χ4v) is 3.51. The largest absolute Gasteiger partial charge is 0.493 e. The summed E-state index contributed by atoms with van der Waals surface area (Å²) in [6.45, 7) is 0. The average molecular weight is 398 g/mol. The number of aromatic amines is 1. The third-order valence-corrected chi connectivity index (χ3v) is 5.05. The average Bonchev–Trinajstić information content (AvgIpc) is 3.40. The first-order valence-electron chi connectivity index (χ1n) is 8.40. The van der Waals surface area contributed by atoms with E-state index in [1.165, 1.54) is 11.8 Å². The number of H-pyrrole nitrogens is 1. The van der Waals surface area contributed by atoms with Crippen molar-refractivity contribution in [2.24, 2.45) is 0 Å². The third kappa shape index (κ3) is 3.48. The van der Waals surface area contributed by atoms with Crippen molar-refractivity contribution in [1.29, 1.82) is 0 Å². The Morgan fingerprint density at radius 3 is 2.50 bits per heavy atom. The smallest absolute Gasteiger partial charge is 0.277 e. The maximum atomic E-state index is 5.79. The molecule has 0 atom stereocenters. The van der Waals surface area contributed by atoms with E-state index in [9.17, 15) is 0 Å². The van der Waals surface area contributed by atoms with Gasteiger partial charge in [-0.1, -0.05) is 11.8 Å². The van der Waals surface area contributed by atoms with Crippen LogP contribution in [0.3, 0.4) is 0 Å². The minimum atomic E-state index is 0.462. The van der Waals surface area contributed by atoms with Crippen molar-refractivity contribution >= 4 is 22.8 Å². The standard InChI is InChI=1S/C19H18N4O4S/c1-24-15-6-11(7-16(25-2)17(15)26-3)9-28-19-23-22-18(27-19)12-4-5-13-14(8-12)21-10-20-13/h4-8,10H,9H2,1-3H3,(H,20,21). The molecule has 1 N–H and O–H groups in total. The molecule has 0 aliphatic heterocycles. The normalized spacial score (nSPS) is 11.0. The molecule has 9 heteroatoms. The van der Waals surface area contributed by atoms with Gasteiger partial charge in [-0.05, 0) is 35.9 Å². The Morgan fingerprint density at radius 2 is 1.79 bits per heavy atom. The van der Waals surface area contributed by atoms with Gasteiger partial charge in [0, 0.05) is 11.3 Å². The van der Waals surface area contributed by atoms with Crippen molar-refractivity contribution in [1.82, 2.24) is 20.2 Å². The molecule has 0 unspecified atom stereocenters. The van der Waals surface area contributed by atoms with E-state index in [0.29, 0.717) is 34.1 Å². The molecule has 0 saturated heterocycles. The van der Waals surface area contributed by atoms with Crippen LogP contribution in [0.25, 0.3) is 22.5 Å². The number of nitrogens with zero attached hydrogens (tertiary/aromatic N) is 3. The lowest BCUT2D eigenvalue weighted by molar-refractivity contribution is 0.324. The number of benzene rings is 2. The maximum Gasteiger partial charge on any atom is 0.277 e. The van der Waals surface area contributed by atoms with Crippen LogP contribution in [0.15, 0.2) is 46.3 Å². The van der Waals surface area contributed by atoms with Crippen LogP contribution in [-0.2, 0) is 5.75 Å². The van der Waals surface area contributed by atoms with Gasteiger partial charge in [-0.3, -0.25) is 0 Å². The number of hydrogen-bond acceptors (Lipinski definition) is 8. The molecule has 0 bridgehead atoms. The van der Waals surface area contributed by atoms with Crippen molar-refractivity contribution in [3.63, 3.8) is 0 Å². The number of imidazole rings is 1. The molecule has 0 fully saturated rings. The molecule has 0 aliphatic rings. The first kappa shape index (κ1) is 18.2. The molecule has 0 radical (unpaired) electrons. The van der Waals surface area contributed by atoms with Gasteiger partial charge < -0.3 is 23.6 Å². The van der Waals surface area contributed by atoms with Crippen LogP contribution in [-0.4, -0.2) is 41.5 Å². The Morgan fingerprint density at radius 1 is 1.00 bits per heavy atom. The second kappa shape index (κ2) is 7.81. The summed E-state index contributed by atoms with van der Waals surface area (Å²) in [5.74, 6) is 2.85. The highest BCUT2D eigenvalue weighted by molar-refractivity contribution is 7.98. The van der Waals surface area contributed by atoms with Crippen molar-refractivity contribution in [2.75, 3.05) is 21.3 Å². The molecular weight excluding hydrogens is 380 g/mol. The monoisotopic (exact) mass is 398 g/mol. The topological polar surface area (TPSA) is 95.3 Å². The van der Waals surface area contributed by atoms with Gasteiger partial charge in [-0.2, -0.15) is 0 Å². The Labute approximate surface area is 165 Å². The van der Waals surface area contributed by atoms with Crippen LogP contribution >= 0.6 is 11.8 Å². The molecule has 2 heterocycles. The van der Waals surface area contributed by atoms with E-state index in [-0.39, 0.29) is 0 Å².